The van der Waals surface area contributed by atoms with E-state index in [1.165, 1.54) is 0 Å². The van der Waals surface area contributed by atoms with Gasteiger partial charge in [0.15, 0.2) is 17.4 Å². The van der Waals surface area contributed by atoms with Gasteiger partial charge in [-0.2, -0.15) is 4.39 Å². The van der Waals surface area contributed by atoms with Gasteiger partial charge in [0.1, 0.15) is 17.0 Å². The second-order valence-electron chi connectivity index (χ2n) is 4.65. The zero-order valence-corrected chi connectivity index (χ0v) is 12.0. The molecule has 0 fully saturated rings. The van der Waals surface area contributed by atoms with E-state index in [1.807, 2.05) is 0 Å². The molecule has 0 aliphatic heterocycles. The zero-order chi connectivity index (χ0) is 18.2. The number of carbonyl (C=O) groups is 1. The van der Waals surface area contributed by atoms with Gasteiger partial charge in [0.25, 0.3) is 5.69 Å². The summed E-state index contributed by atoms with van der Waals surface area (Å²) in [6.45, 7) is 0.975. The predicted molar refractivity (Wildman–Crippen MR) is 75.6 cm³/mol. The largest absolute Gasteiger partial charge is 0.477 e. The van der Waals surface area contributed by atoms with Crippen molar-refractivity contribution in [1.82, 2.24) is 0 Å². The Bertz CT molecular complexity index is 841. The standard InChI is InChI=1S/C14H9F3N2O5/c1-5-9(15)11(17)13(12(18)10(5)16)24-6-2-3-8(19(22)23)7(4-6)14(20)21/h2-4H,18H2,1H3,(H,20,21). The smallest absolute Gasteiger partial charge is 0.342 e. The monoisotopic (exact) mass is 342 g/mol. The van der Waals surface area contributed by atoms with Crippen LogP contribution in [0.3, 0.4) is 0 Å². The first-order chi connectivity index (χ1) is 11.1. The Morgan fingerprint density at radius 3 is 2.42 bits per heavy atom. The lowest BCUT2D eigenvalue weighted by atomic mass is 10.1. The van der Waals surface area contributed by atoms with Crippen molar-refractivity contribution in [2.24, 2.45) is 0 Å². The third kappa shape index (κ3) is 2.81. The van der Waals surface area contributed by atoms with E-state index in [0.717, 1.165) is 25.1 Å². The lowest BCUT2D eigenvalue weighted by molar-refractivity contribution is -0.385. The van der Waals surface area contributed by atoms with Gasteiger partial charge in [0.05, 0.1) is 4.92 Å². The van der Waals surface area contributed by atoms with E-state index in [2.05, 4.69) is 0 Å². The number of hydrogen-bond acceptors (Lipinski definition) is 5. The number of halogens is 3. The summed E-state index contributed by atoms with van der Waals surface area (Å²) in [5.41, 5.74) is 2.40. The van der Waals surface area contributed by atoms with Gasteiger partial charge < -0.3 is 15.6 Å². The highest BCUT2D eigenvalue weighted by Crippen LogP contribution is 2.37. The van der Waals surface area contributed by atoms with Crippen molar-refractivity contribution in [1.29, 1.82) is 0 Å². The quantitative estimate of drug-likeness (QED) is 0.381. The van der Waals surface area contributed by atoms with Crippen molar-refractivity contribution in [2.45, 2.75) is 6.92 Å². The zero-order valence-electron chi connectivity index (χ0n) is 12.0. The fourth-order valence-corrected chi connectivity index (χ4v) is 1.91. The van der Waals surface area contributed by atoms with Gasteiger partial charge >= 0.3 is 5.97 Å². The second-order valence-corrected chi connectivity index (χ2v) is 4.65. The third-order valence-corrected chi connectivity index (χ3v) is 3.15. The molecule has 2 rings (SSSR count). The number of rotatable bonds is 4. The molecule has 0 bridgehead atoms. The minimum atomic E-state index is -1.64. The number of nitrogens with two attached hydrogens (primary N) is 1. The molecule has 2 aromatic carbocycles. The predicted octanol–water partition coefficient (Wildman–Crippen LogP) is 3.39. The molecular formula is C14H9F3N2O5. The van der Waals surface area contributed by atoms with Gasteiger partial charge in [-0.05, 0) is 13.0 Å². The van der Waals surface area contributed by atoms with Crippen LogP contribution >= 0.6 is 0 Å². The molecule has 0 saturated heterocycles. The second kappa shape index (κ2) is 6.07. The van der Waals surface area contributed by atoms with Crippen molar-refractivity contribution in [2.75, 3.05) is 5.73 Å². The summed E-state index contributed by atoms with van der Waals surface area (Å²) in [6, 6.07) is 2.46. The number of nitrogen functional groups attached to an aromatic ring is 1. The molecule has 0 aliphatic rings. The lowest BCUT2D eigenvalue weighted by Crippen LogP contribution is -2.06. The number of anilines is 1. The molecule has 0 radical (unpaired) electrons. The Morgan fingerprint density at radius 1 is 1.25 bits per heavy atom. The average Bonchev–Trinajstić information content (AvgIpc) is 2.54. The van der Waals surface area contributed by atoms with Crippen LogP contribution in [-0.2, 0) is 0 Å². The number of aromatic carboxylic acids is 1. The molecule has 0 spiro atoms. The minimum Gasteiger partial charge on any atom is -0.477 e. The van der Waals surface area contributed by atoms with Gasteiger partial charge in [0, 0.05) is 17.7 Å². The first kappa shape index (κ1) is 17.1. The van der Waals surface area contributed by atoms with E-state index in [-0.39, 0.29) is 0 Å². The van der Waals surface area contributed by atoms with Crippen LogP contribution in [0.5, 0.6) is 11.5 Å². The summed E-state index contributed by atoms with van der Waals surface area (Å²) in [6.07, 6.45) is 0. The van der Waals surface area contributed by atoms with Crippen molar-refractivity contribution in [3.05, 3.63) is 56.9 Å². The Balaban J connectivity index is 2.56. The van der Waals surface area contributed by atoms with E-state index in [1.54, 1.807) is 0 Å². The van der Waals surface area contributed by atoms with E-state index >= 15 is 0 Å². The molecular weight excluding hydrogens is 333 g/mol. The Hall–Kier alpha value is -3.30. The van der Waals surface area contributed by atoms with Gasteiger partial charge in [-0.25, -0.2) is 13.6 Å². The highest BCUT2D eigenvalue weighted by molar-refractivity contribution is 5.92. The normalized spacial score (nSPS) is 10.5. The summed E-state index contributed by atoms with van der Waals surface area (Å²) in [4.78, 5) is 20.9. The van der Waals surface area contributed by atoms with Gasteiger partial charge in [-0.1, -0.05) is 0 Å². The van der Waals surface area contributed by atoms with Crippen LogP contribution in [0.1, 0.15) is 15.9 Å². The molecule has 0 unspecified atom stereocenters. The number of carboxylic acid groups (broad SMARTS) is 1. The molecule has 0 aromatic heterocycles. The van der Waals surface area contributed by atoms with Crippen LogP contribution in [0.25, 0.3) is 0 Å². The maximum atomic E-state index is 13.9. The number of hydrogen-bond donors (Lipinski definition) is 2. The van der Waals surface area contributed by atoms with Crippen LogP contribution in [0.2, 0.25) is 0 Å². The highest BCUT2D eigenvalue weighted by Gasteiger charge is 2.25. The molecule has 0 amide bonds. The molecule has 0 heterocycles. The number of ether oxygens (including phenoxy) is 1. The van der Waals surface area contributed by atoms with Crippen LogP contribution in [0, 0.1) is 34.5 Å². The van der Waals surface area contributed by atoms with Crippen LogP contribution in [0.15, 0.2) is 18.2 Å². The van der Waals surface area contributed by atoms with Crippen LogP contribution in [0.4, 0.5) is 24.5 Å². The summed E-state index contributed by atoms with van der Waals surface area (Å²) < 4.78 is 46.1. The third-order valence-electron chi connectivity index (χ3n) is 3.15. The lowest BCUT2D eigenvalue weighted by Gasteiger charge is -2.13. The fourth-order valence-electron chi connectivity index (χ4n) is 1.91. The average molecular weight is 342 g/mol. The first-order valence-electron chi connectivity index (χ1n) is 6.27. The number of nitro benzene ring substituents is 1. The van der Waals surface area contributed by atoms with Gasteiger partial charge in [0.2, 0.25) is 5.82 Å². The van der Waals surface area contributed by atoms with Crippen molar-refractivity contribution in [3.8, 4) is 11.5 Å². The summed E-state index contributed by atoms with van der Waals surface area (Å²) in [5.74, 6) is -7.34. The van der Waals surface area contributed by atoms with Gasteiger partial charge in [-0.15, -0.1) is 0 Å². The molecule has 7 nitrogen and oxygen atoms in total. The van der Waals surface area contributed by atoms with E-state index in [0.29, 0.717) is 0 Å². The van der Waals surface area contributed by atoms with E-state index < -0.39 is 62.3 Å². The number of carboxylic acids is 1. The molecule has 126 valence electrons. The maximum Gasteiger partial charge on any atom is 0.342 e. The molecule has 0 atom stereocenters. The summed E-state index contributed by atoms with van der Waals surface area (Å²) in [5, 5.41) is 19.7. The maximum absolute atomic E-state index is 13.9. The molecule has 2 aromatic rings. The fraction of sp³-hybridized carbons (Fsp3) is 0.0714. The van der Waals surface area contributed by atoms with Gasteiger partial charge in [-0.3, -0.25) is 10.1 Å². The van der Waals surface area contributed by atoms with Crippen molar-refractivity contribution >= 4 is 17.3 Å². The molecule has 24 heavy (non-hydrogen) atoms. The van der Waals surface area contributed by atoms with E-state index in [4.69, 9.17) is 15.6 Å². The minimum absolute atomic E-state index is 0.397. The number of benzene rings is 2. The summed E-state index contributed by atoms with van der Waals surface area (Å²) in [7, 11) is 0. The van der Waals surface area contributed by atoms with Crippen LogP contribution < -0.4 is 10.5 Å². The van der Waals surface area contributed by atoms with Crippen LogP contribution in [-0.4, -0.2) is 16.0 Å². The van der Waals surface area contributed by atoms with E-state index in [9.17, 15) is 28.1 Å². The number of nitrogens with zero attached hydrogens (tertiary/aromatic N) is 1. The first-order valence-corrected chi connectivity index (χ1v) is 6.27. The Kier molecular flexibility index (Phi) is 4.31. The molecule has 10 heteroatoms. The van der Waals surface area contributed by atoms with Crippen molar-refractivity contribution < 1.29 is 32.7 Å². The molecule has 3 N–H and O–H groups in total. The number of nitro groups is 1. The Labute approximate surface area is 132 Å². The molecule has 0 saturated carbocycles. The SMILES string of the molecule is Cc1c(F)c(N)c(Oc2ccc([N+](=O)[O-])c(C(=O)O)c2)c(F)c1F. The summed E-state index contributed by atoms with van der Waals surface area (Å²) >= 11 is 0. The Morgan fingerprint density at radius 2 is 1.88 bits per heavy atom. The van der Waals surface area contributed by atoms with Crippen molar-refractivity contribution in [3.63, 3.8) is 0 Å². The highest BCUT2D eigenvalue weighted by atomic mass is 19.2. The topological polar surface area (TPSA) is 116 Å². The molecule has 0 aliphatic carbocycles.